The molecular formula is C22H24N2O5. The maximum Gasteiger partial charge on any atom is 0.265 e. The van der Waals surface area contributed by atoms with Crippen molar-refractivity contribution in [3.8, 4) is 17.2 Å². The van der Waals surface area contributed by atoms with Gasteiger partial charge in [0.2, 0.25) is 6.79 Å². The Morgan fingerprint density at radius 1 is 1.17 bits per heavy atom. The number of fused-ring (bicyclic) bond motifs is 2. The van der Waals surface area contributed by atoms with E-state index in [1.165, 1.54) is 0 Å². The van der Waals surface area contributed by atoms with Crippen molar-refractivity contribution in [3.63, 3.8) is 0 Å². The van der Waals surface area contributed by atoms with Crippen LogP contribution in [0.1, 0.15) is 12.6 Å². The van der Waals surface area contributed by atoms with Crippen LogP contribution in [0.15, 0.2) is 42.5 Å². The maximum atomic E-state index is 12.6. The molecule has 2 heterocycles. The van der Waals surface area contributed by atoms with Gasteiger partial charge in [-0.1, -0.05) is 0 Å². The maximum absolute atomic E-state index is 12.6. The molecule has 3 aromatic rings. The van der Waals surface area contributed by atoms with Crippen molar-refractivity contribution in [2.45, 2.75) is 26.5 Å². The third-order valence-electron chi connectivity index (χ3n) is 4.92. The topological polar surface area (TPSA) is 71.0 Å². The Labute approximate surface area is 169 Å². The molecule has 0 aliphatic carbocycles. The smallest absolute Gasteiger partial charge is 0.265 e. The molecule has 7 heteroatoms. The van der Waals surface area contributed by atoms with Gasteiger partial charge in [0, 0.05) is 42.0 Å². The van der Waals surface area contributed by atoms with Gasteiger partial charge < -0.3 is 28.8 Å². The number of amides is 1. The van der Waals surface area contributed by atoms with Crippen LogP contribution in [0.3, 0.4) is 0 Å². The number of hydrogen-bond donors (Lipinski definition) is 1. The Morgan fingerprint density at radius 2 is 2.00 bits per heavy atom. The van der Waals surface area contributed by atoms with Crippen LogP contribution in [0.25, 0.3) is 10.9 Å². The zero-order valence-corrected chi connectivity index (χ0v) is 16.7. The first kappa shape index (κ1) is 19.1. The number of carbonyl (C=O) groups excluding carboxylic acids is 1. The normalized spacial score (nSPS) is 13.5. The van der Waals surface area contributed by atoms with E-state index in [9.17, 15) is 4.79 Å². The summed E-state index contributed by atoms with van der Waals surface area (Å²) >= 11 is 0. The van der Waals surface area contributed by atoms with Gasteiger partial charge in [-0.25, -0.2) is 0 Å². The number of hydrogen-bond acceptors (Lipinski definition) is 5. The summed E-state index contributed by atoms with van der Waals surface area (Å²) in [7, 11) is 1.70. The van der Waals surface area contributed by atoms with Gasteiger partial charge in [-0.3, -0.25) is 4.79 Å². The highest BCUT2D eigenvalue weighted by atomic mass is 16.7. The molecule has 0 bridgehead atoms. The van der Waals surface area contributed by atoms with E-state index in [2.05, 4.69) is 22.9 Å². The molecule has 0 saturated heterocycles. The van der Waals surface area contributed by atoms with Gasteiger partial charge in [-0.05, 0) is 50.2 Å². The Morgan fingerprint density at radius 3 is 2.83 bits per heavy atom. The lowest BCUT2D eigenvalue weighted by atomic mass is 10.2. The Bertz CT molecular complexity index is 1040. The number of aromatic nitrogens is 1. The summed E-state index contributed by atoms with van der Waals surface area (Å²) in [6.45, 7) is 5.42. The Hall–Kier alpha value is -3.19. The summed E-state index contributed by atoms with van der Waals surface area (Å²) in [5.41, 5.74) is 3.00. The number of benzene rings is 2. The summed E-state index contributed by atoms with van der Waals surface area (Å²) in [4.78, 5) is 12.6. The van der Waals surface area contributed by atoms with Crippen LogP contribution in [0.2, 0.25) is 0 Å². The van der Waals surface area contributed by atoms with E-state index in [0.29, 0.717) is 23.9 Å². The van der Waals surface area contributed by atoms with Crippen molar-refractivity contribution in [3.05, 3.63) is 48.2 Å². The summed E-state index contributed by atoms with van der Waals surface area (Å²) < 4.78 is 23.8. The highest BCUT2D eigenvalue weighted by molar-refractivity contribution is 5.96. The van der Waals surface area contributed by atoms with E-state index < -0.39 is 6.10 Å². The van der Waals surface area contributed by atoms with Gasteiger partial charge in [0.25, 0.3) is 5.91 Å². The highest BCUT2D eigenvalue weighted by Crippen LogP contribution is 2.35. The molecule has 1 aromatic heterocycles. The predicted molar refractivity (Wildman–Crippen MR) is 110 cm³/mol. The van der Waals surface area contributed by atoms with E-state index >= 15 is 0 Å². The average Bonchev–Trinajstić information content (AvgIpc) is 3.29. The molecule has 152 valence electrons. The molecule has 1 N–H and O–H groups in total. The zero-order chi connectivity index (χ0) is 20.4. The molecule has 4 rings (SSSR count). The number of methoxy groups -OCH3 is 1. The fraction of sp³-hybridized carbons (Fsp3) is 0.318. The minimum absolute atomic E-state index is 0.198. The SMILES string of the molecule is COCCn1c(C)cc2cc(NC(=O)C(C)Oc3ccc4c(c3)OCO4)ccc21. The fourth-order valence-electron chi connectivity index (χ4n) is 3.42. The first-order chi connectivity index (χ1) is 14.0. The van der Waals surface area contributed by atoms with Gasteiger partial charge in [-0.2, -0.15) is 0 Å². The lowest BCUT2D eigenvalue weighted by molar-refractivity contribution is -0.122. The third kappa shape index (κ3) is 4.00. The highest BCUT2D eigenvalue weighted by Gasteiger charge is 2.18. The second kappa shape index (κ2) is 8.05. The largest absolute Gasteiger partial charge is 0.481 e. The quantitative estimate of drug-likeness (QED) is 0.659. The number of aryl methyl sites for hydroxylation is 1. The molecule has 0 saturated carbocycles. The average molecular weight is 396 g/mol. The fourth-order valence-corrected chi connectivity index (χ4v) is 3.42. The number of nitrogens with one attached hydrogen (secondary N) is 1. The molecule has 1 aliphatic rings. The minimum atomic E-state index is -0.667. The van der Waals surface area contributed by atoms with Crippen molar-refractivity contribution in [2.24, 2.45) is 0 Å². The summed E-state index contributed by atoms with van der Waals surface area (Å²) in [5.74, 6) is 1.63. The van der Waals surface area contributed by atoms with E-state index in [-0.39, 0.29) is 12.7 Å². The van der Waals surface area contributed by atoms with Crippen LogP contribution < -0.4 is 19.5 Å². The van der Waals surface area contributed by atoms with Crippen molar-refractivity contribution in [1.29, 1.82) is 0 Å². The molecule has 1 amide bonds. The third-order valence-corrected chi connectivity index (χ3v) is 4.92. The van der Waals surface area contributed by atoms with Gasteiger partial charge in [-0.15, -0.1) is 0 Å². The van der Waals surface area contributed by atoms with Crippen molar-refractivity contribution < 1.29 is 23.7 Å². The Balaban J connectivity index is 1.44. The molecule has 7 nitrogen and oxygen atoms in total. The zero-order valence-electron chi connectivity index (χ0n) is 16.7. The van der Waals surface area contributed by atoms with Gasteiger partial charge in [0.1, 0.15) is 5.75 Å². The lowest BCUT2D eigenvalue weighted by Crippen LogP contribution is -2.30. The molecule has 0 fully saturated rings. The molecule has 0 radical (unpaired) electrons. The molecule has 1 aliphatic heterocycles. The number of ether oxygens (including phenoxy) is 4. The number of anilines is 1. The van der Waals surface area contributed by atoms with Crippen molar-refractivity contribution in [1.82, 2.24) is 4.57 Å². The second-order valence-electron chi connectivity index (χ2n) is 6.97. The van der Waals surface area contributed by atoms with E-state index in [4.69, 9.17) is 18.9 Å². The lowest BCUT2D eigenvalue weighted by Gasteiger charge is -2.15. The standard InChI is InChI=1S/C22H24N2O5/c1-14-10-16-11-17(4-6-19(16)24(14)8-9-26-3)23-22(25)15(2)29-18-5-7-20-21(12-18)28-13-27-20/h4-7,10-12,15H,8-9,13H2,1-3H3,(H,23,25). The summed E-state index contributed by atoms with van der Waals surface area (Å²) in [6.07, 6.45) is -0.667. The van der Waals surface area contributed by atoms with Crippen LogP contribution in [0.4, 0.5) is 5.69 Å². The van der Waals surface area contributed by atoms with Crippen molar-refractivity contribution in [2.75, 3.05) is 25.8 Å². The number of rotatable bonds is 7. The number of nitrogens with zero attached hydrogens (tertiary/aromatic N) is 1. The molecule has 0 spiro atoms. The van der Waals surface area contributed by atoms with Gasteiger partial charge in [0.05, 0.1) is 6.61 Å². The number of carbonyl (C=O) groups is 1. The molecular weight excluding hydrogens is 372 g/mol. The van der Waals surface area contributed by atoms with E-state index in [1.54, 1.807) is 32.2 Å². The second-order valence-corrected chi connectivity index (χ2v) is 6.97. The van der Waals surface area contributed by atoms with Crippen LogP contribution in [-0.4, -0.2) is 37.1 Å². The van der Waals surface area contributed by atoms with Crippen LogP contribution in [-0.2, 0) is 16.1 Å². The molecule has 29 heavy (non-hydrogen) atoms. The van der Waals surface area contributed by atoms with Crippen LogP contribution >= 0.6 is 0 Å². The molecule has 2 aromatic carbocycles. The van der Waals surface area contributed by atoms with Crippen LogP contribution in [0.5, 0.6) is 17.2 Å². The first-order valence-electron chi connectivity index (χ1n) is 9.51. The first-order valence-corrected chi connectivity index (χ1v) is 9.51. The van der Waals surface area contributed by atoms with Gasteiger partial charge in [0.15, 0.2) is 17.6 Å². The molecule has 1 unspecified atom stereocenters. The Kier molecular flexibility index (Phi) is 5.31. The predicted octanol–water partition coefficient (Wildman–Crippen LogP) is 3.73. The minimum Gasteiger partial charge on any atom is -0.481 e. The van der Waals surface area contributed by atoms with Gasteiger partial charge >= 0.3 is 0 Å². The molecule has 1 atom stereocenters. The van der Waals surface area contributed by atoms with E-state index in [0.717, 1.165) is 28.8 Å². The summed E-state index contributed by atoms with van der Waals surface area (Å²) in [6, 6.07) is 13.2. The van der Waals surface area contributed by atoms with Crippen molar-refractivity contribution >= 4 is 22.5 Å². The summed E-state index contributed by atoms with van der Waals surface area (Å²) in [5, 5.41) is 3.99. The van der Waals surface area contributed by atoms with Crippen LogP contribution in [0, 0.1) is 6.92 Å². The van der Waals surface area contributed by atoms with E-state index in [1.807, 2.05) is 18.2 Å². The monoisotopic (exact) mass is 396 g/mol.